The van der Waals surface area contributed by atoms with Gasteiger partial charge >= 0.3 is 0 Å². The molecular formula is C61H71N5O2. The van der Waals surface area contributed by atoms with Gasteiger partial charge in [0.25, 0.3) is 0 Å². The van der Waals surface area contributed by atoms with Crippen LogP contribution in [0.25, 0.3) is 89.5 Å². The minimum Gasteiger partial charge on any atom is -0.416 e. The topological polar surface area (TPSA) is 82.8 Å². The molecule has 0 fully saturated rings. The summed E-state index contributed by atoms with van der Waals surface area (Å²) in [6.45, 7) is 9.14. The van der Waals surface area contributed by atoms with Crippen molar-refractivity contribution in [1.82, 2.24) is 25.0 Å². The summed E-state index contributed by atoms with van der Waals surface area (Å²) in [6, 6.07) is 44.0. The molecule has 0 bridgehead atoms. The third kappa shape index (κ3) is 9.04. The van der Waals surface area contributed by atoms with E-state index in [1.54, 1.807) is 0 Å². The predicted molar refractivity (Wildman–Crippen MR) is 285 cm³/mol. The lowest BCUT2D eigenvalue weighted by atomic mass is 9.70. The molecule has 352 valence electrons. The fraction of sp³-hybridized carbons (Fsp3) is 0.377. The Labute approximate surface area is 404 Å². The maximum atomic E-state index is 6.66. The van der Waals surface area contributed by atoms with E-state index in [0.29, 0.717) is 29.6 Å². The van der Waals surface area contributed by atoms with Gasteiger partial charge in [0.2, 0.25) is 23.6 Å². The molecule has 1 atom stereocenters. The molecule has 1 aliphatic carbocycles. The van der Waals surface area contributed by atoms with E-state index < -0.39 is 0 Å². The zero-order chi connectivity index (χ0) is 45.0. The number of rotatable bonds is 20. The highest BCUT2D eigenvalue weighted by Gasteiger charge is 2.43. The van der Waals surface area contributed by atoms with E-state index in [0.717, 1.165) is 52.3 Å². The normalized spacial score (nSPS) is 13.1. The molecular weight excluding hydrogens is 835 g/mol. The van der Waals surface area contributed by atoms with Gasteiger partial charge in [-0.05, 0) is 114 Å². The molecule has 68 heavy (non-hydrogen) atoms. The largest absolute Gasteiger partial charge is 0.416 e. The Balaban J connectivity index is 0.00000312. The van der Waals surface area contributed by atoms with Gasteiger partial charge in [-0.1, -0.05) is 179 Å². The van der Waals surface area contributed by atoms with Crippen LogP contribution in [-0.2, 0) is 5.41 Å². The molecule has 0 radical (unpaired) electrons. The highest BCUT2D eigenvalue weighted by molar-refractivity contribution is 6.09. The van der Waals surface area contributed by atoms with Crippen LogP contribution >= 0.6 is 0 Å². The Morgan fingerprint density at radius 2 is 0.941 bits per heavy atom. The first-order chi connectivity index (χ1) is 32.5. The molecule has 0 amide bonds. The first kappa shape index (κ1) is 48.1. The van der Waals surface area contributed by atoms with E-state index in [9.17, 15) is 0 Å². The molecule has 0 aliphatic heterocycles. The lowest BCUT2D eigenvalue weighted by Gasteiger charge is -2.33. The molecule has 0 saturated carbocycles. The summed E-state index contributed by atoms with van der Waals surface area (Å²) in [7, 11) is 0. The zero-order valence-corrected chi connectivity index (χ0v) is 39.3. The minimum absolute atomic E-state index is 0. The Hall–Kier alpha value is -6.34. The molecule has 0 saturated heterocycles. The molecule has 3 aromatic heterocycles. The second-order valence-electron chi connectivity index (χ2n) is 18.9. The maximum absolute atomic E-state index is 6.66. The fourth-order valence-electron chi connectivity index (χ4n) is 10.9. The molecule has 1 aliphatic rings. The van der Waals surface area contributed by atoms with Crippen molar-refractivity contribution >= 4 is 32.6 Å². The van der Waals surface area contributed by atoms with Crippen molar-refractivity contribution in [2.24, 2.45) is 0 Å². The van der Waals surface area contributed by atoms with Gasteiger partial charge in [0.1, 0.15) is 0 Å². The third-order valence-corrected chi connectivity index (χ3v) is 14.6. The van der Waals surface area contributed by atoms with Gasteiger partial charge in [-0.15, -0.1) is 20.4 Å². The smallest absolute Gasteiger partial charge is 0.248 e. The average molecular weight is 906 g/mol. The van der Waals surface area contributed by atoms with Crippen LogP contribution in [0.5, 0.6) is 0 Å². The van der Waals surface area contributed by atoms with Crippen molar-refractivity contribution in [1.29, 1.82) is 0 Å². The predicted octanol–water partition coefficient (Wildman–Crippen LogP) is 18.4. The van der Waals surface area contributed by atoms with Crippen LogP contribution in [-0.4, -0.2) is 25.0 Å². The number of aromatic nitrogens is 5. The van der Waals surface area contributed by atoms with Crippen LogP contribution in [0.15, 0.2) is 130 Å². The molecule has 7 nitrogen and oxygen atoms in total. The van der Waals surface area contributed by atoms with Crippen LogP contribution in [0.1, 0.15) is 156 Å². The number of fused-ring (bicyclic) bond motifs is 7. The lowest BCUT2D eigenvalue weighted by Crippen LogP contribution is -2.25. The van der Waals surface area contributed by atoms with Crippen LogP contribution in [0.2, 0.25) is 0 Å². The summed E-state index contributed by atoms with van der Waals surface area (Å²) in [5, 5.41) is 23.4. The van der Waals surface area contributed by atoms with Gasteiger partial charge in [-0.3, -0.25) is 0 Å². The molecule has 9 aromatic rings. The van der Waals surface area contributed by atoms with E-state index in [1.807, 2.05) is 0 Å². The zero-order valence-electron chi connectivity index (χ0n) is 39.3. The molecule has 7 heteroatoms. The highest BCUT2D eigenvalue weighted by atomic mass is 16.4. The third-order valence-electron chi connectivity index (χ3n) is 14.6. The number of benzene rings is 6. The number of unbranched alkanes of at least 4 members (excludes halogenated alkanes) is 10. The first-order valence-electron chi connectivity index (χ1n) is 25.0. The summed E-state index contributed by atoms with van der Waals surface area (Å²) < 4.78 is 15.7. The maximum Gasteiger partial charge on any atom is 0.248 e. The van der Waals surface area contributed by atoms with Crippen LogP contribution in [0, 0.1) is 0 Å². The van der Waals surface area contributed by atoms with Gasteiger partial charge in [-0.25, -0.2) is 0 Å². The van der Waals surface area contributed by atoms with E-state index in [4.69, 9.17) is 13.9 Å². The Morgan fingerprint density at radius 1 is 0.456 bits per heavy atom. The van der Waals surface area contributed by atoms with Crippen LogP contribution in [0.3, 0.4) is 0 Å². The van der Waals surface area contributed by atoms with Crippen molar-refractivity contribution in [2.45, 2.75) is 150 Å². The monoisotopic (exact) mass is 906 g/mol. The Kier molecular flexibility index (Phi) is 15.1. The summed E-state index contributed by atoms with van der Waals surface area (Å²) >= 11 is 0. The van der Waals surface area contributed by atoms with E-state index >= 15 is 0 Å². The molecule has 0 N–H and O–H groups in total. The number of hydrogen-bond donors (Lipinski definition) is 0. The first-order valence-corrected chi connectivity index (χ1v) is 25.0. The van der Waals surface area contributed by atoms with Crippen molar-refractivity contribution in [3.63, 3.8) is 0 Å². The van der Waals surface area contributed by atoms with Crippen LogP contribution < -0.4 is 0 Å². The molecule has 1 unspecified atom stereocenters. The summed E-state index contributed by atoms with van der Waals surface area (Å²) in [4.78, 5) is 0. The van der Waals surface area contributed by atoms with E-state index in [2.05, 4.69) is 169 Å². The molecule has 0 spiro atoms. The number of hydrogen-bond acceptors (Lipinski definition) is 6. The number of para-hydroxylation sites is 1. The second-order valence-corrected chi connectivity index (χ2v) is 18.9. The summed E-state index contributed by atoms with van der Waals surface area (Å²) in [5.74, 6) is 2.17. The van der Waals surface area contributed by atoms with E-state index in [-0.39, 0.29) is 20.3 Å². The quantitative estimate of drug-likeness (QED) is 0.0709. The van der Waals surface area contributed by atoms with E-state index in [1.165, 1.54) is 121 Å². The van der Waals surface area contributed by atoms with Crippen molar-refractivity contribution in [3.05, 3.63) is 132 Å². The Bertz CT molecular complexity index is 3090. The lowest BCUT2D eigenvalue weighted by molar-refractivity contribution is 0.398. The van der Waals surface area contributed by atoms with Crippen molar-refractivity contribution in [2.75, 3.05) is 0 Å². The summed E-state index contributed by atoms with van der Waals surface area (Å²) in [6.07, 6.45) is 18.2. The SMILES string of the molecule is C.C.CCCCCCCCC1(CCCCCCCC)c2cc(-c3nnc(-c4ccc5c(c4)c4ccccc4n5C(C)CC)o3)ccc2-c2ccc(-c3nnc(-c4cccc5ccccc45)o3)cc21. The van der Waals surface area contributed by atoms with Gasteiger partial charge in [0.05, 0.1) is 0 Å². The number of nitrogens with zero attached hydrogens (tertiary/aromatic N) is 5. The van der Waals surface area contributed by atoms with Gasteiger partial charge in [0.15, 0.2) is 0 Å². The standard InChI is InChI=1S/C59H63N5O2.2CH4/c1-5-8-10-12-14-20-35-59(36-21-15-13-11-9-6-2)51-38-43(56-61-60-55(65-56)42-31-34-54-50(37-42)48-26-18-19-28-53(48)64(54)40(4)7-3)29-32-46(51)47-33-30-44(39-52(47)59)57-62-63-58(66-57)49-27-22-24-41-23-16-17-25-45(41)49;;/h16-19,22-34,37-40H,5-15,20-21,35-36H2,1-4H3;2*1H4. The fourth-order valence-corrected chi connectivity index (χ4v) is 10.9. The minimum atomic E-state index is -0.192. The average Bonchev–Trinajstić information content (AvgIpc) is 4.17. The van der Waals surface area contributed by atoms with Crippen molar-refractivity contribution in [3.8, 4) is 56.9 Å². The Morgan fingerprint density at radius 3 is 1.56 bits per heavy atom. The molecule has 3 heterocycles. The molecule has 6 aromatic carbocycles. The van der Waals surface area contributed by atoms with Gasteiger partial charge < -0.3 is 13.4 Å². The van der Waals surface area contributed by atoms with Crippen LogP contribution in [0.4, 0.5) is 0 Å². The molecule has 10 rings (SSSR count). The van der Waals surface area contributed by atoms with Gasteiger partial charge in [-0.2, -0.15) is 0 Å². The highest BCUT2D eigenvalue weighted by Crippen LogP contribution is 2.56. The van der Waals surface area contributed by atoms with Gasteiger partial charge in [0, 0.05) is 55.5 Å². The summed E-state index contributed by atoms with van der Waals surface area (Å²) in [5.41, 5.74) is 11.4. The second kappa shape index (κ2) is 21.3. The van der Waals surface area contributed by atoms with Crippen molar-refractivity contribution < 1.29 is 8.83 Å².